The number of nitrogens with one attached hydrogen (secondary N) is 2. The maximum Gasteiger partial charge on any atom is 0.271 e. The van der Waals surface area contributed by atoms with Crippen LogP contribution < -0.4 is 15.8 Å². The van der Waals surface area contributed by atoms with Crippen LogP contribution in [0.5, 0.6) is 0 Å². The number of halogens is 1. The number of aromatic amines is 1. The van der Waals surface area contributed by atoms with Crippen molar-refractivity contribution in [1.82, 2.24) is 9.97 Å². The third-order valence-corrected chi connectivity index (χ3v) is 6.13. The van der Waals surface area contributed by atoms with Crippen molar-refractivity contribution in [2.75, 3.05) is 23.3 Å². The zero-order valence-electron chi connectivity index (χ0n) is 13.1. The highest BCUT2D eigenvalue weighted by atomic mass is 79.9. The number of fused-ring (bicyclic) bond motifs is 1. The second-order valence-electron chi connectivity index (χ2n) is 4.96. The summed E-state index contributed by atoms with van der Waals surface area (Å²) in [4.78, 5) is 34.8. The van der Waals surface area contributed by atoms with Crippen LogP contribution in [0.3, 0.4) is 0 Å². The molecule has 0 spiro atoms. The lowest BCUT2D eigenvalue weighted by molar-refractivity contribution is 0.103. The fourth-order valence-corrected chi connectivity index (χ4v) is 4.78. The van der Waals surface area contributed by atoms with Gasteiger partial charge in [-0.3, -0.25) is 9.59 Å². The van der Waals surface area contributed by atoms with Crippen molar-refractivity contribution >= 4 is 64.9 Å². The molecule has 9 heteroatoms. The predicted molar refractivity (Wildman–Crippen MR) is 104 cm³/mol. The topological polar surface area (TPSA) is 78.1 Å². The first-order valence-electron chi connectivity index (χ1n) is 7.36. The number of hydrogen-bond donors (Lipinski definition) is 2. The van der Waals surface area contributed by atoms with Gasteiger partial charge in [-0.15, -0.1) is 11.3 Å². The molecule has 0 atom stereocenters. The molecule has 3 rings (SSSR count). The number of pyridine rings is 1. The smallest absolute Gasteiger partial charge is 0.271 e. The fourth-order valence-electron chi connectivity index (χ4n) is 2.20. The Bertz CT molecular complexity index is 911. The van der Waals surface area contributed by atoms with Gasteiger partial charge in [0.1, 0.15) is 10.5 Å². The van der Waals surface area contributed by atoms with Gasteiger partial charge in [-0.2, -0.15) is 0 Å². The summed E-state index contributed by atoms with van der Waals surface area (Å²) in [6.45, 7) is 5.98. The highest BCUT2D eigenvalue weighted by molar-refractivity contribution is 9.10. The van der Waals surface area contributed by atoms with Gasteiger partial charge in [0.2, 0.25) is 0 Å². The van der Waals surface area contributed by atoms with Gasteiger partial charge in [-0.1, -0.05) is 11.3 Å². The Balaban J connectivity index is 1.84. The largest absolute Gasteiger partial charge is 0.349 e. The molecule has 0 aliphatic carbocycles. The van der Waals surface area contributed by atoms with Gasteiger partial charge in [-0.05, 0) is 41.9 Å². The lowest BCUT2D eigenvalue weighted by atomic mass is 10.4. The number of thiazole rings is 1. The van der Waals surface area contributed by atoms with E-state index in [-0.39, 0.29) is 17.2 Å². The van der Waals surface area contributed by atoms with Crippen molar-refractivity contribution in [2.45, 2.75) is 13.8 Å². The molecule has 0 aliphatic heterocycles. The first kappa shape index (κ1) is 17.1. The number of anilines is 2. The summed E-state index contributed by atoms with van der Waals surface area (Å²) in [5, 5.41) is 3.61. The van der Waals surface area contributed by atoms with Crippen LogP contribution in [0.25, 0.3) is 9.53 Å². The Kier molecular flexibility index (Phi) is 5.02. The zero-order chi connectivity index (χ0) is 17.3. The van der Waals surface area contributed by atoms with Gasteiger partial charge < -0.3 is 15.2 Å². The molecule has 3 heterocycles. The summed E-state index contributed by atoms with van der Waals surface area (Å²) >= 11 is 6.17. The lowest BCUT2D eigenvalue weighted by Crippen LogP contribution is -2.21. The van der Waals surface area contributed by atoms with Gasteiger partial charge in [-0.25, -0.2) is 4.98 Å². The first-order chi connectivity index (χ1) is 11.5. The lowest BCUT2D eigenvalue weighted by Gasteiger charge is -2.16. The summed E-state index contributed by atoms with van der Waals surface area (Å²) in [7, 11) is 0. The minimum Gasteiger partial charge on any atom is -0.349 e. The van der Waals surface area contributed by atoms with Gasteiger partial charge in [0.25, 0.3) is 11.5 Å². The van der Waals surface area contributed by atoms with E-state index in [1.165, 1.54) is 17.5 Å². The third-order valence-electron chi connectivity index (χ3n) is 3.45. The van der Waals surface area contributed by atoms with Crippen molar-refractivity contribution in [2.24, 2.45) is 0 Å². The molecule has 0 aliphatic rings. The summed E-state index contributed by atoms with van der Waals surface area (Å²) in [5.74, 6) is -0.307. The van der Waals surface area contributed by atoms with Crippen LogP contribution in [0.1, 0.15) is 23.5 Å². The van der Waals surface area contributed by atoms with Crippen molar-refractivity contribution in [3.8, 4) is 0 Å². The average Bonchev–Trinajstić information content (AvgIpc) is 3.11. The molecule has 0 unspecified atom stereocenters. The second-order valence-corrected chi connectivity index (χ2v) is 7.92. The van der Waals surface area contributed by atoms with Crippen molar-refractivity contribution in [3.63, 3.8) is 0 Å². The quantitative estimate of drug-likeness (QED) is 0.647. The molecule has 0 aromatic carbocycles. The molecule has 3 aromatic heterocycles. The molecular weight excluding hydrogens is 412 g/mol. The minimum absolute atomic E-state index is 0.211. The van der Waals surface area contributed by atoms with E-state index in [1.54, 1.807) is 17.4 Å². The van der Waals surface area contributed by atoms with Gasteiger partial charge in [0.15, 0.2) is 5.13 Å². The standard InChI is InChI=1S/C15H15BrN4O2S2/c1-3-20(4-2)15-19-14-11(24-15)6-10(23-14)13(22)18-9-5-8(16)7-17-12(9)21/h5-7H,3-4H2,1-2H3,(H,17,21)(H,18,22). The number of rotatable bonds is 5. The van der Waals surface area contributed by atoms with Gasteiger partial charge in [0.05, 0.1) is 9.58 Å². The van der Waals surface area contributed by atoms with E-state index in [0.717, 1.165) is 27.8 Å². The van der Waals surface area contributed by atoms with Crippen LogP contribution in [-0.2, 0) is 0 Å². The molecule has 0 bridgehead atoms. The second kappa shape index (κ2) is 7.04. The number of aromatic nitrogens is 2. The summed E-state index contributed by atoms with van der Waals surface area (Å²) in [6, 6.07) is 3.40. The summed E-state index contributed by atoms with van der Waals surface area (Å²) in [5.41, 5.74) is -0.130. The zero-order valence-corrected chi connectivity index (χ0v) is 16.3. The Labute approximate surface area is 154 Å². The van der Waals surface area contributed by atoms with E-state index in [9.17, 15) is 9.59 Å². The van der Waals surface area contributed by atoms with E-state index in [2.05, 4.69) is 50.0 Å². The number of hydrogen-bond acceptors (Lipinski definition) is 6. The van der Waals surface area contributed by atoms with E-state index in [1.807, 2.05) is 6.07 Å². The normalized spacial score (nSPS) is 11.0. The molecule has 0 radical (unpaired) electrons. The number of carbonyl (C=O) groups excluding carboxylic acids is 1. The van der Waals surface area contributed by atoms with Crippen molar-refractivity contribution in [3.05, 3.63) is 38.0 Å². The first-order valence-corrected chi connectivity index (χ1v) is 9.79. The van der Waals surface area contributed by atoms with Crippen LogP contribution in [0, 0.1) is 0 Å². The van der Waals surface area contributed by atoms with Crippen LogP contribution >= 0.6 is 38.6 Å². The maximum atomic E-state index is 12.4. The molecule has 0 saturated carbocycles. The Hall–Kier alpha value is -1.71. The van der Waals surface area contributed by atoms with Gasteiger partial charge in [0, 0.05) is 23.8 Å². The minimum atomic E-state index is -0.341. The van der Waals surface area contributed by atoms with E-state index in [4.69, 9.17) is 0 Å². The Morgan fingerprint density at radius 2 is 2.08 bits per heavy atom. The van der Waals surface area contributed by atoms with E-state index >= 15 is 0 Å². The monoisotopic (exact) mass is 426 g/mol. The predicted octanol–water partition coefficient (Wildman–Crippen LogP) is 3.91. The van der Waals surface area contributed by atoms with Crippen LogP contribution in [0.15, 0.2) is 27.6 Å². The Morgan fingerprint density at radius 3 is 2.75 bits per heavy atom. The highest BCUT2D eigenvalue weighted by Gasteiger charge is 2.17. The van der Waals surface area contributed by atoms with Crippen LogP contribution in [0.2, 0.25) is 0 Å². The molecule has 3 aromatic rings. The average molecular weight is 427 g/mol. The fraction of sp³-hybridized carbons (Fsp3) is 0.267. The number of H-pyrrole nitrogens is 1. The van der Waals surface area contributed by atoms with Crippen LogP contribution in [0.4, 0.5) is 10.8 Å². The van der Waals surface area contributed by atoms with E-state index < -0.39 is 0 Å². The highest BCUT2D eigenvalue weighted by Crippen LogP contribution is 2.34. The van der Waals surface area contributed by atoms with Crippen molar-refractivity contribution < 1.29 is 4.79 Å². The van der Waals surface area contributed by atoms with Crippen LogP contribution in [-0.4, -0.2) is 29.0 Å². The SMILES string of the molecule is CCN(CC)c1nc2sc(C(=O)Nc3cc(Br)c[nH]c3=O)cc2s1. The Morgan fingerprint density at radius 1 is 1.33 bits per heavy atom. The number of carbonyl (C=O) groups is 1. The maximum absolute atomic E-state index is 12.4. The number of amides is 1. The van der Waals surface area contributed by atoms with E-state index in [0.29, 0.717) is 9.35 Å². The number of thiophene rings is 1. The molecule has 24 heavy (non-hydrogen) atoms. The van der Waals surface area contributed by atoms with Crippen molar-refractivity contribution in [1.29, 1.82) is 0 Å². The number of nitrogens with zero attached hydrogens (tertiary/aromatic N) is 2. The third kappa shape index (κ3) is 3.38. The summed E-state index contributed by atoms with van der Waals surface area (Å²) < 4.78 is 1.67. The molecule has 2 N–H and O–H groups in total. The molecular formula is C15H15BrN4O2S2. The van der Waals surface area contributed by atoms with Gasteiger partial charge >= 0.3 is 0 Å². The molecule has 126 valence electrons. The molecule has 1 amide bonds. The summed E-state index contributed by atoms with van der Waals surface area (Å²) in [6.07, 6.45) is 1.53. The molecule has 0 fully saturated rings. The molecule has 6 nitrogen and oxygen atoms in total. The molecule has 0 saturated heterocycles.